The van der Waals surface area contributed by atoms with Gasteiger partial charge < -0.3 is 0 Å². The van der Waals surface area contributed by atoms with Crippen LogP contribution in [0.25, 0.3) is 0 Å². The minimum atomic E-state index is -0.497. The molecule has 0 saturated carbocycles. The van der Waals surface area contributed by atoms with Crippen LogP contribution in [0, 0.1) is 39.4 Å². The van der Waals surface area contributed by atoms with E-state index in [4.69, 9.17) is 10.5 Å². The minimum Gasteiger partial charge on any atom is -0.198 e. The summed E-state index contributed by atoms with van der Waals surface area (Å²) in [5.74, 6) is -0.259. The summed E-state index contributed by atoms with van der Waals surface area (Å²) in [6.45, 7) is 8.35. The fourth-order valence-electron chi connectivity index (χ4n) is 1.95. The molecule has 2 heteroatoms. The quantitative estimate of drug-likeness (QED) is 0.565. The number of hydrogen-bond donors (Lipinski definition) is 0. The Bertz CT molecular complexity index is 359. The van der Waals surface area contributed by atoms with Gasteiger partial charge in [-0.25, -0.2) is 0 Å². The molecular formula is C13H18N2. The van der Waals surface area contributed by atoms with Gasteiger partial charge in [0.25, 0.3) is 0 Å². The van der Waals surface area contributed by atoms with Gasteiger partial charge in [0, 0.05) is 0 Å². The predicted molar refractivity (Wildman–Crippen MR) is 59.6 cm³/mol. The lowest BCUT2D eigenvalue weighted by Gasteiger charge is -2.35. The molecule has 15 heavy (non-hydrogen) atoms. The van der Waals surface area contributed by atoms with Crippen LogP contribution in [0.2, 0.25) is 0 Å². The molecule has 1 aliphatic rings. The molecule has 0 aromatic rings. The molecule has 2 nitrogen and oxygen atoms in total. The van der Waals surface area contributed by atoms with Crippen LogP contribution in [0.4, 0.5) is 0 Å². The Morgan fingerprint density at radius 1 is 1.40 bits per heavy atom. The monoisotopic (exact) mass is 202 g/mol. The fourth-order valence-corrected chi connectivity index (χ4v) is 1.95. The topological polar surface area (TPSA) is 47.6 Å². The molecule has 0 fully saturated rings. The summed E-state index contributed by atoms with van der Waals surface area (Å²) in [6.07, 6.45) is 3.74. The van der Waals surface area contributed by atoms with Crippen molar-refractivity contribution >= 4 is 0 Å². The van der Waals surface area contributed by atoms with E-state index in [-0.39, 0.29) is 11.3 Å². The molecular weight excluding hydrogens is 184 g/mol. The van der Waals surface area contributed by atoms with E-state index >= 15 is 0 Å². The van der Waals surface area contributed by atoms with E-state index in [2.05, 4.69) is 32.9 Å². The third-order valence-corrected chi connectivity index (χ3v) is 3.33. The lowest BCUT2D eigenvalue weighted by Crippen LogP contribution is -2.29. The highest BCUT2D eigenvalue weighted by atomic mass is 14.4. The molecule has 0 bridgehead atoms. The van der Waals surface area contributed by atoms with Gasteiger partial charge in [-0.05, 0) is 25.2 Å². The fraction of sp³-hybridized carbons (Fsp3) is 0.692. The lowest BCUT2D eigenvalue weighted by atomic mass is 9.66. The highest BCUT2D eigenvalue weighted by molar-refractivity contribution is 5.26. The van der Waals surface area contributed by atoms with E-state index in [0.717, 1.165) is 12.8 Å². The summed E-state index contributed by atoms with van der Waals surface area (Å²) < 4.78 is 0. The molecule has 0 N–H and O–H groups in total. The maximum Gasteiger partial charge on any atom is 0.0830 e. The van der Waals surface area contributed by atoms with Gasteiger partial charge in [0.2, 0.25) is 0 Å². The van der Waals surface area contributed by atoms with Gasteiger partial charge in [0.15, 0.2) is 0 Å². The van der Waals surface area contributed by atoms with E-state index in [9.17, 15) is 0 Å². The Labute approximate surface area is 92.2 Å². The van der Waals surface area contributed by atoms with Crippen molar-refractivity contribution in [1.29, 1.82) is 10.5 Å². The van der Waals surface area contributed by atoms with Crippen molar-refractivity contribution in [1.82, 2.24) is 0 Å². The minimum absolute atomic E-state index is 0.117. The zero-order chi connectivity index (χ0) is 11.7. The second-order valence-electron chi connectivity index (χ2n) is 5.58. The largest absolute Gasteiger partial charge is 0.198 e. The van der Waals surface area contributed by atoms with E-state index in [1.165, 1.54) is 5.57 Å². The predicted octanol–water partition coefficient (Wildman–Crippen LogP) is 3.42. The van der Waals surface area contributed by atoms with Crippen molar-refractivity contribution in [2.45, 2.75) is 40.5 Å². The number of rotatable bonds is 0. The van der Waals surface area contributed by atoms with Crippen LogP contribution in [0.5, 0.6) is 0 Å². The van der Waals surface area contributed by atoms with E-state index in [0.29, 0.717) is 0 Å². The molecule has 1 aliphatic carbocycles. The van der Waals surface area contributed by atoms with Crippen LogP contribution >= 0.6 is 0 Å². The van der Waals surface area contributed by atoms with Crippen molar-refractivity contribution in [2.24, 2.45) is 16.7 Å². The molecule has 0 aromatic heterocycles. The van der Waals surface area contributed by atoms with Crippen molar-refractivity contribution in [3.05, 3.63) is 11.6 Å². The highest BCUT2D eigenvalue weighted by Gasteiger charge is 2.38. The van der Waals surface area contributed by atoms with E-state index < -0.39 is 5.41 Å². The molecule has 0 aromatic carbocycles. The van der Waals surface area contributed by atoms with Crippen molar-refractivity contribution in [3.63, 3.8) is 0 Å². The van der Waals surface area contributed by atoms with Crippen molar-refractivity contribution < 1.29 is 0 Å². The molecule has 0 saturated heterocycles. The van der Waals surface area contributed by atoms with Crippen molar-refractivity contribution in [3.8, 4) is 12.1 Å². The Morgan fingerprint density at radius 3 is 2.40 bits per heavy atom. The number of hydrogen-bond acceptors (Lipinski definition) is 2. The Hall–Kier alpha value is -1.28. The van der Waals surface area contributed by atoms with Crippen LogP contribution in [-0.2, 0) is 0 Å². The molecule has 2 unspecified atom stereocenters. The van der Waals surface area contributed by atoms with Gasteiger partial charge in [-0.15, -0.1) is 0 Å². The summed E-state index contributed by atoms with van der Waals surface area (Å²) in [6, 6.07) is 4.53. The normalized spacial score (nSPS) is 31.3. The Morgan fingerprint density at radius 2 is 2.00 bits per heavy atom. The molecule has 1 rings (SSSR count). The van der Waals surface area contributed by atoms with Crippen molar-refractivity contribution in [2.75, 3.05) is 0 Å². The first kappa shape index (κ1) is 11.8. The van der Waals surface area contributed by atoms with Crippen LogP contribution in [-0.4, -0.2) is 0 Å². The van der Waals surface area contributed by atoms with E-state index in [1.54, 1.807) is 0 Å². The SMILES string of the molecule is CC(C)(C)C1=CC(C#N)C(C)(C#N)CC1. The lowest BCUT2D eigenvalue weighted by molar-refractivity contribution is 0.305. The van der Waals surface area contributed by atoms with Gasteiger partial charge in [0.1, 0.15) is 0 Å². The second-order valence-corrected chi connectivity index (χ2v) is 5.58. The summed E-state index contributed by atoms with van der Waals surface area (Å²) in [5, 5.41) is 18.2. The molecule has 0 radical (unpaired) electrons. The van der Waals surface area contributed by atoms with Gasteiger partial charge in [-0.1, -0.05) is 32.4 Å². The van der Waals surface area contributed by atoms with Gasteiger partial charge in [-0.3, -0.25) is 0 Å². The molecule has 0 heterocycles. The van der Waals surface area contributed by atoms with Crippen LogP contribution in [0.15, 0.2) is 11.6 Å². The maximum atomic E-state index is 9.11. The second kappa shape index (κ2) is 3.70. The standard InChI is InChI=1S/C13H18N2/c1-12(2,3)10-5-6-13(4,9-15)11(7-10)8-14/h7,11H,5-6H2,1-4H3. The number of nitrogens with zero attached hydrogens (tertiary/aromatic N) is 2. The first-order valence-electron chi connectivity index (χ1n) is 5.35. The summed E-state index contributed by atoms with van der Waals surface area (Å²) in [4.78, 5) is 0. The zero-order valence-electron chi connectivity index (χ0n) is 9.96. The van der Waals surface area contributed by atoms with Crippen LogP contribution in [0.3, 0.4) is 0 Å². The summed E-state index contributed by atoms with van der Waals surface area (Å²) >= 11 is 0. The smallest absolute Gasteiger partial charge is 0.0830 e. The summed E-state index contributed by atoms with van der Waals surface area (Å²) in [7, 11) is 0. The van der Waals surface area contributed by atoms with Crippen LogP contribution < -0.4 is 0 Å². The third kappa shape index (κ3) is 2.21. The first-order valence-corrected chi connectivity index (χ1v) is 5.35. The highest BCUT2D eigenvalue weighted by Crippen LogP contribution is 2.43. The molecule has 0 aliphatic heterocycles. The van der Waals surface area contributed by atoms with Gasteiger partial charge >= 0.3 is 0 Å². The molecule has 2 atom stereocenters. The third-order valence-electron chi connectivity index (χ3n) is 3.33. The average molecular weight is 202 g/mol. The van der Waals surface area contributed by atoms with Gasteiger partial charge in [0.05, 0.1) is 23.5 Å². The summed E-state index contributed by atoms with van der Waals surface area (Å²) in [5.41, 5.74) is 0.928. The molecule has 80 valence electrons. The zero-order valence-corrected chi connectivity index (χ0v) is 9.96. The molecule has 0 amide bonds. The number of allylic oxidation sites excluding steroid dienone is 2. The average Bonchev–Trinajstić information content (AvgIpc) is 2.16. The van der Waals surface area contributed by atoms with Crippen LogP contribution in [0.1, 0.15) is 40.5 Å². The Balaban J connectivity index is 3.07. The molecule has 0 spiro atoms. The van der Waals surface area contributed by atoms with Gasteiger partial charge in [-0.2, -0.15) is 10.5 Å². The maximum absolute atomic E-state index is 9.11. The first-order chi connectivity index (χ1) is 6.83. The Kier molecular flexibility index (Phi) is 2.91. The van der Waals surface area contributed by atoms with E-state index in [1.807, 2.05) is 13.0 Å². The number of nitriles is 2.